The van der Waals surface area contributed by atoms with Gasteiger partial charge in [0.2, 0.25) is 0 Å². The first-order valence-corrected chi connectivity index (χ1v) is 7.59. The fourth-order valence-electron chi connectivity index (χ4n) is 0.665. The van der Waals surface area contributed by atoms with Crippen molar-refractivity contribution in [2.45, 2.75) is 11.9 Å². The molecule has 0 fully saturated rings. The van der Waals surface area contributed by atoms with Gasteiger partial charge in [-0.3, -0.25) is 4.18 Å². The summed E-state index contributed by atoms with van der Waals surface area (Å²) in [7, 11) is -11.2. The maximum atomic E-state index is 11.9. The van der Waals surface area contributed by atoms with E-state index in [1.807, 2.05) is 0 Å². The van der Waals surface area contributed by atoms with Gasteiger partial charge in [0.1, 0.15) is 0 Å². The molecule has 118 valence electrons. The average Bonchev–Trinajstić information content (AvgIpc) is 2.25. The Kier molecular flexibility index (Phi) is 6.60. The van der Waals surface area contributed by atoms with E-state index in [0.29, 0.717) is 4.13 Å². The Labute approximate surface area is 112 Å². The maximum absolute atomic E-state index is 11.9. The highest BCUT2D eigenvalue weighted by atomic mass is 32.3. The molecular formula is C7H10F3NO7S2. The van der Waals surface area contributed by atoms with Crippen LogP contribution in [0.3, 0.4) is 0 Å². The van der Waals surface area contributed by atoms with Crippen molar-refractivity contribution in [1.82, 2.24) is 4.13 Å². The van der Waals surface area contributed by atoms with Crippen molar-refractivity contribution < 1.29 is 43.7 Å². The number of ether oxygens (including phenoxy) is 1. The zero-order valence-corrected chi connectivity index (χ0v) is 11.3. The largest absolute Gasteiger partial charge is 0.512 e. The van der Waals surface area contributed by atoms with Gasteiger partial charge in [-0.1, -0.05) is 10.7 Å². The lowest BCUT2D eigenvalue weighted by Gasteiger charge is -2.10. The normalized spacial score (nSPS) is 12.9. The van der Waals surface area contributed by atoms with Gasteiger partial charge in [0.05, 0.1) is 13.2 Å². The van der Waals surface area contributed by atoms with Gasteiger partial charge < -0.3 is 4.74 Å². The third-order valence-electron chi connectivity index (χ3n) is 1.45. The molecule has 0 atom stereocenters. The molecular weight excluding hydrogens is 331 g/mol. The van der Waals surface area contributed by atoms with E-state index in [1.54, 1.807) is 0 Å². The Morgan fingerprint density at radius 2 is 1.75 bits per heavy atom. The van der Waals surface area contributed by atoms with Crippen molar-refractivity contribution >= 4 is 26.3 Å². The van der Waals surface area contributed by atoms with Crippen LogP contribution < -0.4 is 4.13 Å². The molecule has 0 saturated heterocycles. The van der Waals surface area contributed by atoms with Gasteiger partial charge in [-0.05, 0) is 0 Å². The summed E-state index contributed by atoms with van der Waals surface area (Å²) in [6.45, 7) is 2.10. The monoisotopic (exact) mass is 341 g/mol. The number of halogens is 3. The Morgan fingerprint density at radius 3 is 2.20 bits per heavy atom. The summed E-state index contributed by atoms with van der Waals surface area (Å²) >= 11 is 0. The fraction of sp³-hybridized carbons (Fsp3) is 0.571. The molecule has 0 bridgehead atoms. The number of sulfonamides is 1. The molecule has 1 N–H and O–H groups in total. The zero-order chi connectivity index (χ0) is 16.0. The van der Waals surface area contributed by atoms with E-state index in [9.17, 15) is 34.8 Å². The van der Waals surface area contributed by atoms with Gasteiger partial charge in [0.25, 0.3) is 0 Å². The summed E-state index contributed by atoms with van der Waals surface area (Å²) in [4.78, 5) is 10.6. The van der Waals surface area contributed by atoms with Crippen molar-refractivity contribution in [2.75, 3.05) is 13.2 Å². The first-order chi connectivity index (χ1) is 8.91. The molecule has 0 spiro atoms. The van der Waals surface area contributed by atoms with E-state index < -0.39 is 38.4 Å². The second-order valence-electron chi connectivity index (χ2n) is 3.03. The molecule has 0 aromatic rings. The molecule has 13 heteroatoms. The third-order valence-corrected chi connectivity index (χ3v) is 4.24. The molecule has 0 heterocycles. The molecule has 0 aromatic heterocycles. The highest BCUT2D eigenvalue weighted by molar-refractivity contribution is 8.03. The number of nitrogens with one attached hydrogen (secondary N) is 1. The topological polar surface area (TPSA) is 116 Å². The van der Waals surface area contributed by atoms with Gasteiger partial charge in [-0.25, -0.2) is 13.2 Å². The van der Waals surface area contributed by atoms with Gasteiger partial charge in [-0.15, -0.1) is 0 Å². The lowest BCUT2D eigenvalue weighted by molar-refractivity contribution is -0.137. The fourth-order valence-corrected chi connectivity index (χ4v) is 2.65. The first-order valence-electron chi connectivity index (χ1n) is 4.70. The predicted molar refractivity (Wildman–Crippen MR) is 58.8 cm³/mol. The minimum Gasteiger partial charge on any atom is -0.462 e. The number of hydrogen-bond acceptors (Lipinski definition) is 7. The van der Waals surface area contributed by atoms with Gasteiger partial charge >= 0.3 is 31.8 Å². The van der Waals surface area contributed by atoms with E-state index >= 15 is 0 Å². The van der Waals surface area contributed by atoms with Gasteiger partial charge in [-0.2, -0.15) is 21.6 Å². The standard InChI is InChI=1S/C7H10F3NO7S2/c1-2-6(12)17-4-3-5-18-20(15,16)11-19(13,14)7(8,9)10/h2,11H,1,3-5H2. The highest BCUT2D eigenvalue weighted by Crippen LogP contribution is 2.22. The molecule has 0 rings (SSSR count). The van der Waals surface area contributed by atoms with Crippen molar-refractivity contribution in [3.05, 3.63) is 12.7 Å². The number of alkyl halides is 3. The van der Waals surface area contributed by atoms with Crippen LogP contribution in [0.25, 0.3) is 0 Å². The van der Waals surface area contributed by atoms with Crippen LogP contribution in [-0.4, -0.2) is 41.5 Å². The zero-order valence-electron chi connectivity index (χ0n) is 9.71. The summed E-state index contributed by atoms with van der Waals surface area (Å²) < 4.78 is 87.2. The van der Waals surface area contributed by atoms with Crippen LogP contribution in [0.2, 0.25) is 0 Å². The predicted octanol–water partition coefficient (Wildman–Crippen LogP) is -0.194. The van der Waals surface area contributed by atoms with E-state index in [-0.39, 0.29) is 13.0 Å². The molecule has 20 heavy (non-hydrogen) atoms. The summed E-state index contributed by atoms with van der Waals surface area (Å²) in [5, 5.41) is 0. The van der Waals surface area contributed by atoms with E-state index in [0.717, 1.165) is 6.08 Å². The van der Waals surface area contributed by atoms with Crippen molar-refractivity contribution in [3.8, 4) is 0 Å². The number of esters is 1. The van der Waals surface area contributed by atoms with Crippen LogP contribution in [-0.2, 0) is 34.0 Å². The van der Waals surface area contributed by atoms with E-state index in [2.05, 4.69) is 15.5 Å². The second-order valence-corrected chi connectivity index (χ2v) is 6.31. The lowest BCUT2D eigenvalue weighted by Crippen LogP contribution is -2.41. The molecule has 0 aliphatic rings. The van der Waals surface area contributed by atoms with Crippen LogP contribution in [0, 0.1) is 0 Å². The SMILES string of the molecule is C=CC(=O)OCCCOS(=O)(=O)NS(=O)(=O)C(F)(F)F. The minimum atomic E-state index is -6.08. The van der Waals surface area contributed by atoms with Crippen LogP contribution in [0.5, 0.6) is 0 Å². The smallest absolute Gasteiger partial charge is 0.462 e. The number of hydrogen-bond donors (Lipinski definition) is 1. The Bertz CT molecular complexity index is 551. The molecule has 8 nitrogen and oxygen atoms in total. The lowest BCUT2D eigenvalue weighted by atomic mass is 10.5. The van der Waals surface area contributed by atoms with Crippen LogP contribution in [0.4, 0.5) is 13.2 Å². The molecule has 0 amide bonds. The number of carbonyl (C=O) groups is 1. The summed E-state index contributed by atoms with van der Waals surface area (Å²) in [6.07, 6.45) is 0.654. The summed E-state index contributed by atoms with van der Waals surface area (Å²) in [6, 6.07) is 0. The Hall–Kier alpha value is -1.18. The first kappa shape index (κ1) is 18.8. The van der Waals surface area contributed by atoms with E-state index in [1.165, 1.54) is 0 Å². The number of rotatable bonds is 8. The second kappa shape index (κ2) is 7.01. The van der Waals surface area contributed by atoms with Gasteiger partial charge in [0, 0.05) is 12.5 Å². The molecule has 0 aliphatic carbocycles. The van der Waals surface area contributed by atoms with Crippen LogP contribution >= 0.6 is 0 Å². The van der Waals surface area contributed by atoms with Crippen LogP contribution in [0.1, 0.15) is 6.42 Å². The highest BCUT2D eigenvalue weighted by Gasteiger charge is 2.48. The molecule has 0 aliphatic heterocycles. The summed E-state index contributed by atoms with van der Waals surface area (Å²) in [5.41, 5.74) is -5.79. The van der Waals surface area contributed by atoms with Gasteiger partial charge in [0.15, 0.2) is 0 Å². The third kappa shape index (κ3) is 6.83. The van der Waals surface area contributed by atoms with Crippen molar-refractivity contribution in [2.24, 2.45) is 0 Å². The van der Waals surface area contributed by atoms with E-state index in [4.69, 9.17) is 0 Å². The molecule has 0 aromatic carbocycles. The van der Waals surface area contributed by atoms with Crippen molar-refractivity contribution in [1.29, 1.82) is 0 Å². The minimum absolute atomic E-state index is 0.188. The Balaban J connectivity index is 4.29. The van der Waals surface area contributed by atoms with Crippen LogP contribution in [0.15, 0.2) is 12.7 Å². The number of carbonyl (C=O) groups excluding carboxylic acids is 1. The molecule has 0 unspecified atom stereocenters. The quantitative estimate of drug-likeness (QED) is 0.369. The maximum Gasteiger partial charge on any atom is 0.512 e. The van der Waals surface area contributed by atoms with Crippen molar-refractivity contribution in [3.63, 3.8) is 0 Å². The average molecular weight is 341 g/mol. The molecule has 0 radical (unpaired) electrons. The molecule has 0 saturated carbocycles. The summed E-state index contributed by atoms with van der Waals surface area (Å²) in [5.74, 6) is -0.786. The Morgan fingerprint density at radius 1 is 1.20 bits per heavy atom.